The molecule has 5 heteroatoms. The van der Waals surface area contributed by atoms with E-state index in [1.165, 1.54) is 23.4 Å². The summed E-state index contributed by atoms with van der Waals surface area (Å²) in [5.74, 6) is 0. The second-order valence-corrected chi connectivity index (χ2v) is 5.95. The maximum atomic E-state index is 4.83. The fourth-order valence-electron chi connectivity index (χ4n) is 2.63. The molecule has 0 saturated carbocycles. The molecule has 2 heterocycles. The van der Waals surface area contributed by atoms with Crippen molar-refractivity contribution < 1.29 is 0 Å². The highest BCUT2D eigenvalue weighted by atomic mass is 32.1. The molecule has 1 unspecified atom stereocenters. The monoisotopic (exact) mass is 276 g/mol. The summed E-state index contributed by atoms with van der Waals surface area (Å²) >= 11 is 1.83. The Kier molecular flexibility index (Phi) is 3.66. The minimum absolute atomic E-state index is 0.501. The average Bonchev–Trinajstić information content (AvgIpc) is 3.05. The summed E-state index contributed by atoms with van der Waals surface area (Å²) < 4.78 is 1.96. The molecule has 1 aliphatic carbocycles. The molecular formula is C14H20N4S. The molecule has 3 rings (SSSR count). The van der Waals surface area contributed by atoms with Crippen LogP contribution < -0.4 is 5.32 Å². The van der Waals surface area contributed by atoms with Gasteiger partial charge in [-0.1, -0.05) is 6.92 Å². The van der Waals surface area contributed by atoms with Gasteiger partial charge in [0.2, 0.25) is 0 Å². The van der Waals surface area contributed by atoms with Crippen molar-refractivity contribution in [3.05, 3.63) is 23.0 Å². The largest absolute Gasteiger partial charge is 0.309 e. The first-order chi connectivity index (χ1) is 9.31. The molecule has 2 aromatic heterocycles. The molecule has 2 aromatic rings. The molecule has 0 bridgehead atoms. The first-order valence-corrected chi connectivity index (χ1v) is 7.89. The van der Waals surface area contributed by atoms with E-state index in [1.54, 1.807) is 0 Å². The number of thiazole rings is 1. The van der Waals surface area contributed by atoms with Crippen LogP contribution in [0.4, 0.5) is 0 Å². The molecule has 19 heavy (non-hydrogen) atoms. The molecule has 4 nitrogen and oxygen atoms in total. The lowest BCUT2D eigenvalue weighted by Gasteiger charge is -2.21. The molecule has 1 N–H and O–H groups in total. The van der Waals surface area contributed by atoms with Crippen molar-refractivity contribution in [3.8, 4) is 10.6 Å². The third kappa shape index (κ3) is 2.44. The van der Waals surface area contributed by atoms with Crippen LogP contribution in [0.2, 0.25) is 0 Å². The van der Waals surface area contributed by atoms with Crippen LogP contribution in [0.15, 0.2) is 12.4 Å². The van der Waals surface area contributed by atoms with E-state index in [4.69, 9.17) is 4.98 Å². The van der Waals surface area contributed by atoms with Crippen molar-refractivity contribution in [2.24, 2.45) is 0 Å². The second kappa shape index (κ2) is 5.43. The first-order valence-electron chi connectivity index (χ1n) is 7.07. The van der Waals surface area contributed by atoms with Crippen molar-refractivity contribution in [3.63, 3.8) is 0 Å². The molecule has 0 radical (unpaired) electrons. The Morgan fingerprint density at radius 1 is 1.47 bits per heavy atom. The number of rotatable bonds is 4. The number of aryl methyl sites for hydroxylation is 2. The standard InChI is InChI=1S/C14H20N4S/c1-3-15-11-6-5-7-12-13(11)19-14(17-12)10-8-16-18(4-2)9-10/h8-9,11,15H,3-7H2,1-2H3. The maximum Gasteiger partial charge on any atom is 0.127 e. The summed E-state index contributed by atoms with van der Waals surface area (Å²) in [7, 11) is 0. The average molecular weight is 276 g/mol. The predicted octanol–water partition coefficient (Wildman–Crippen LogP) is 3.01. The van der Waals surface area contributed by atoms with Crippen LogP contribution in [-0.4, -0.2) is 21.3 Å². The van der Waals surface area contributed by atoms with Gasteiger partial charge in [0, 0.05) is 29.2 Å². The number of fused-ring (bicyclic) bond motifs is 1. The number of nitrogens with one attached hydrogen (secondary N) is 1. The lowest BCUT2D eigenvalue weighted by molar-refractivity contribution is 0.476. The van der Waals surface area contributed by atoms with Crippen LogP contribution in [0.1, 0.15) is 43.3 Å². The van der Waals surface area contributed by atoms with Gasteiger partial charge in [0.15, 0.2) is 0 Å². The van der Waals surface area contributed by atoms with Gasteiger partial charge in [-0.2, -0.15) is 5.10 Å². The van der Waals surface area contributed by atoms with E-state index < -0.39 is 0 Å². The zero-order chi connectivity index (χ0) is 13.2. The Morgan fingerprint density at radius 2 is 2.37 bits per heavy atom. The number of hydrogen-bond acceptors (Lipinski definition) is 4. The third-order valence-electron chi connectivity index (χ3n) is 3.61. The van der Waals surface area contributed by atoms with E-state index >= 15 is 0 Å². The topological polar surface area (TPSA) is 42.7 Å². The highest BCUT2D eigenvalue weighted by molar-refractivity contribution is 7.15. The van der Waals surface area contributed by atoms with E-state index in [2.05, 4.69) is 30.5 Å². The zero-order valence-electron chi connectivity index (χ0n) is 11.5. The van der Waals surface area contributed by atoms with Crippen molar-refractivity contribution in [2.45, 2.75) is 45.7 Å². The normalized spacial score (nSPS) is 18.5. The van der Waals surface area contributed by atoms with E-state index in [0.29, 0.717) is 6.04 Å². The summed E-state index contributed by atoms with van der Waals surface area (Å²) in [4.78, 5) is 6.26. The van der Waals surface area contributed by atoms with Crippen molar-refractivity contribution in [1.82, 2.24) is 20.1 Å². The van der Waals surface area contributed by atoms with Gasteiger partial charge < -0.3 is 5.32 Å². The van der Waals surface area contributed by atoms with Crippen LogP contribution in [-0.2, 0) is 13.0 Å². The second-order valence-electron chi connectivity index (χ2n) is 4.92. The first kappa shape index (κ1) is 12.8. The van der Waals surface area contributed by atoms with Crippen LogP contribution in [0, 0.1) is 0 Å². The van der Waals surface area contributed by atoms with Crippen molar-refractivity contribution >= 4 is 11.3 Å². The SMILES string of the molecule is CCNC1CCCc2nc(-c3cnn(CC)c3)sc21. The Morgan fingerprint density at radius 3 is 3.11 bits per heavy atom. The molecule has 1 aliphatic rings. The summed E-state index contributed by atoms with van der Waals surface area (Å²) in [6.07, 6.45) is 7.61. The van der Waals surface area contributed by atoms with Crippen LogP contribution >= 0.6 is 11.3 Å². The Hall–Kier alpha value is -1.20. The fourth-order valence-corrected chi connectivity index (χ4v) is 3.83. The molecule has 0 fully saturated rings. The van der Waals surface area contributed by atoms with E-state index in [-0.39, 0.29) is 0 Å². The quantitative estimate of drug-likeness (QED) is 0.933. The molecule has 0 amide bonds. The van der Waals surface area contributed by atoms with E-state index in [1.807, 2.05) is 22.2 Å². The van der Waals surface area contributed by atoms with Crippen LogP contribution in [0.25, 0.3) is 10.6 Å². The molecule has 102 valence electrons. The number of hydrogen-bond donors (Lipinski definition) is 1. The summed E-state index contributed by atoms with van der Waals surface area (Å²) in [6.45, 7) is 6.20. The molecule has 0 aliphatic heterocycles. The number of nitrogens with zero attached hydrogens (tertiary/aromatic N) is 3. The van der Waals surface area contributed by atoms with Crippen molar-refractivity contribution in [2.75, 3.05) is 6.54 Å². The maximum absolute atomic E-state index is 4.83. The summed E-state index contributed by atoms with van der Waals surface area (Å²) in [6, 6.07) is 0.501. The zero-order valence-corrected chi connectivity index (χ0v) is 12.3. The van der Waals surface area contributed by atoms with Gasteiger partial charge in [0.05, 0.1) is 11.9 Å². The van der Waals surface area contributed by atoms with Gasteiger partial charge in [-0.25, -0.2) is 4.98 Å². The van der Waals surface area contributed by atoms with E-state index in [0.717, 1.165) is 30.1 Å². The minimum Gasteiger partial charge on any atom is -0.309 e. The molecule has 0 spiro atoms. The van der Waals surface area contributed by atoms with Gasteiger partial charge in [-0.3, -0.25) is 4.68 Å². The Balaban J connectivity index is 1.92. The molecule has 0 saturated heterocycles. The smallest absolute Gasteiger partial charge is 0.127 e. The number of aromatic nitrogens is 3. The van der Waals surface area contributed by atoms with Crippen LogP contribution in [0.5, 0.6) is 0 Å². The highest BCUT2D eigenvalue weighted by Gasteiger charge is 2.24. The van der Waals surface area contributed by atoms with Crippen molar-refractivity contribution in [1.29, 1.82) is 0 Å². The van der Waals surface area contributed by atoms with E-state index in [9.17, 15) is 0 Å². The van der Waals surface area contributed by atoms with Gasteiger partial charge in [-0.15, -0.1) is 11.3 Å². The highest BCUT2D eigenvalue weighted by Crippen LogP contribution is 2.37. The Bertz CT molecular complexity index is 558. The molecule has 1 atom stereocenters. The van der Waals surface area contributed by atoms with Gasteiger partial charge in [0.1, 0.15) is 5.01 Å². The van der Waals surface area contributed by atoms with Gasteiger partial charge in [0.25, 0.3) is 0 Å². The van der Waals surface area contributed by atoms with Crippen LogP contribution in [0.3, 0.4) is 0 Å². The lowest BCUT2D eigenvalue weighted by atomic mass is 9.98. The summed E-state index contributed by atoms with van der Waals surface area (Å²) in [5.41, 5.74) is 2.44. The Labute approximate surface area is 117 Å². The molecule has 0 aromatic carbocycles. The predicted molar refractivity (Wildman–Crippen MR) is 78.4 cm³/mol. The molecular weight excluding hydrogens is 256 g/mol. The third-order valence-corrected chi connectivity index (χ3v) is 4.87. The fraction of sp³-hybridized carbons (Fsp3) is 0.571. The lowest BCUT2D eigenvalue weighted by Crippen LogP contribution is -2.23. The van der Waals surface area contributed by atoms with Gasteiger partial charge >= 0.3 is 0 Å². The van der Waals surface area contributed by atoms with Gasteiger partial charge in [-0.05, 0) is 32.7 Å². The minimum atomic E-state index is 0.501. The summed E-state index contributed by atoms with van der Waals surface area (Å²) in [5, 5.41) is 9.03.